The normalized spacial score (nSPS) is 13.6. The van der Waals surface area contributed by atoms with Gasteiger partial charge in [0, 0.05) is 33.1 Å². The SMILES string of the molecule is Cc1cccc(C)c1-c1cc2c3c(c1)N1c4ccccc4Oc4cccc(c41)B3n1c3ccccc3c3cccc-2c31. The van der Waals surface area contributed by atoms with Crippen molar-refractivity contribution in [3.63, 3.8) is 0 Å². The molecule has 1 aromatic heterocycles. The number of aromatic nitrogens is 1. The minimum atomic E-state index is 0.0272. The smallest absolute Gasteiger partial charge is 0.333 e. The van der Waals surface area contributed by atoms with Crippen molar-refractivity contribution in [2.75, 3.05) is 4.90 Å². The Kier molecular flexibility index (Phi) is 4.14. The van der Waals surface area contributed by atoms with Gasteiger partial charge in [-0.3, -0.25) is 0 Å². The van der Waals surface area contributed by atoms with Crippen LogP contribution in [0, 0.1) is 13.8 Å². The van der Waals surface area contributed by atoms with E-state index in [2.05, 4.69) is 138 Å². The molecular weight excluding hydrogens is 511 g/mol. The van der Waals surface area contributed by atoms with Gasteiger partial charge in [-0.15, -0.1) is 0 Å². The third-order valence-corrected chi connectivity index (χ3v) is 9.60. The molecule has 0 bridgehead atoms. The second kappa shape index (κ2) is 7.74. The summed E-state index contributed by atoms with van der Waals surface area (Å²) in [6.07, 6.45) is 0. The topological polar surface area (TPSA) is 17.4 Å². The average molecular weight is 536 g/mol. The zero-order valence-electron chi connectivity index (χ0n) is 23.3. The predicted octanol–water partition coefficient (Wildman–Crippen LogP) is 8.60. The van der Waals surface area contributed by atoms with Crippen LogP contribution in [0.5, 0.6) is 11.5 Å². The molecule has 42 heavy (non-hydrogen) atoms. The molecule has 10 rings (SSSR count). The number of hydrogen-bond acceptors (Lipinski definition) is 2. The summed E-state index contributed by atoms with van der Waals surface area (Å²) >= 11 is 0. The van der Waals surface area contributed by atoms with Gasteiger partial charge in [-0.25, -0.2) is 0 Å². The lowest BCUT2D eigenvalue weighted by Gasteiger charge is -2.43. The van der Waals surface area contributed by atoms with Gasteiger partial charge in [0.2, 0.25) is 0 Å². The molecule has 0 spiro atoms. The van der Waals surface area contributed by atoms with Crippen LogP contribution in [0.1, 0.15) is 11.1 Å². The Bertz CT molecular complexity index is 2310. The highest BCUT2D eigenvalue weighted by atomic mass is 16.5. The molecule has 4 heterocycles. The third kappa shape index (κ3) is 2.63. The fourth-order valence-electron chi connectivity index (χ4n) is 8.01. The van der Waals surface area contributed by atoms with Crippen molar-refractivity contribution in [1.29, 1.82) is 0 Å². The summed E-state index contributed by atoms with van der Waals surface area (Å²) in [6.45, 7) is 4.48. The molecule has 0 atom stereocenters. The molecule has 4 heteroatoms. The largest absolute Gasteiger partial charge is 0.453 e. The molecule has 0 unspecified atom stereocenters. The van der Waals surface area contributed by atoms with E-state index in [-0.39, 0.29) is 6.85 Å². The molecule has 0 radical (unpaired) electrons. The van der Waals surface area contributed by atoms with E-state index >= 15 is 0 Å². The summed E-state index contributed by atoms with van der Waals surface area (Å²) in [5, 5.41) is 2.61. The fraction of sp³-hybridized carbons (Fsp3) is 0.0526. The Morgan fingerprint density at radius 2 is 1.36 bits per heavy atom. The number of ether oxygens (including phenoxy) is 1. The first-order valence-corrected chi connectivity index (χ1v) is 14.7. The minimum Gasteiger partial charge on any atom is -0.453 e. The van der Waals surface area contributed by atoms with Crippen molar-refractivity contribution < 1.29 is 4.74 Å². The maximum absolute atomic E-state index is 6.59. The van der Waals surface area contributed by atoms with Gasteiger partial charge in [-0.2, -0.15) is 0 Å². The van der Waals surface area contributed by atoms with E-state index in [0.717, 1.165) is 22.9 Å². The molecule has 0 saturated heterocycles. The van der Waals surface area contributed by atoms with Gasteiger partial charge in [0.15, 0.2) is 11.5 Å². The van der Waals surface area contributed by atoms with Crippen molar-refractivity contribution in [2.45, 2.75) is 13.8 Å². The van der Waals surface area contributed by atoms with E-state index < -0.39 is 0 Å². The second-order valence-corrected chi connectivity index (χ2v) is 11.8. The van der Waals surface area contributed by atoms with Gasteiger partial charge in [0.05, 0.1) is 11.4 Å². The van der Waals surface area contributed by atoms with Gasteiger partial charge >= 0.3 is 6.85 Å². The van der Waals surface area contributed by atoms with Crippen LogP contribution < -0.4 is 20.6 Å². The molecule has 0 saturated carbocycles. The Balaban J connectivity index is 1.43. The number of benzene rings is 6. The van der Waals surface area contributed by atoms with Crippen LogP contribution >= 0.6 is 0 Å². The van der Waals surface area contributed by atoms with Gasteiger partial charge < -0.3 is 14.1 Å². The highest BCUT2D eigenvalue weighted by Crippen LogP contribution is 2.53. The number of para-hydroxylation sites is 5. The van der Waals surface area contributed by atoms with Crippen molar-refractivity contribution >= 4 is 56.6 Å². The summed E-state index contributed by atoms with van der Waals surface area (Å²) in [6, 6.07) is 42.2. The standard InChI is InChI=1S/C38H25BN2O/c1-22-10-7-11-23(2)35(22)24-20-28-27-14-8-13-26-25-12-3-4-16-30(25)41(37(26)27)39-29-15-9-19-34-38(29)40(32(21-24)36(28)39)31-17-5-6-18-33(31)42-34/h3-21H,1-2H3. The Morgan fingerprint density at radius 1 is 0.619 bits per heavy atom. The molecule has 0 aliphatic carbocycles. The quantitative estimate of drug-likeness (QED) is 0.196. The van der Waals surface area contributed by atoms with Crippen LogP contribution in [-0.4, -0.2) is 11.3 Å². The Hall–Kier alpha value is -5.22. The summed E-state index contributed by atoms with van der Waals surface area (Å²) in [4.78, 5) is 2.47. The highest BCUT2D eigenvalue weighted by Gasteiger charge is 2.45. The Labute approximate surface area is 244 Å². The van der Waals surface area contributed by atoms with Crippen LogP contribution in [0.4, 0.5) is 17.1 Å². The van der Waals surface area contributed by atoms with E-state index in [0.29, 0.717) is 0 Å². The molecule has 0 fully saturated rings. The number of fused-ring (bicyclic) bond motifs is 9. The molecule has 6 aromatic carbocycles. The molecule has 0 amide bonds. The number of rotatable bonds is 1. The molecule has 3 aliphatic rings. The summed E-state index contributed by atoms with van der Waals surface area (Å²) in [5.41, 5.74) is 16.4. The number of anilines is 3. The zero-order chi connectivity index (χ0) is 27.7. The van der Waals surface area contributed by atoms with E-state index in [1.807, 2.05) is 0 Å². The molecule has 3 aliphatic heterocycles. The van der Waals surface area contributed by atoms with Crippen LogP contribution in [0.3, 0.4) is 0 Å². The summed E-state index contributed by atoms with van der Waals surface area (Å²) in [5.74, 6) is 1.79. The number of nitrogens with zero attached hydrogens (tertiary/aromatic N) is 2. The van der Waals surface area contributed by atoms with Crippen molar-refractivity contribution in [1.82, 2.24) is 4.48 Å². The third-order valence-electron chi connectivity index (χ3n) is 9.60. The van der Waals surface area contributed by atoms with Crippen molar-refractivity contribution in [2.24, 2.45) is 0 Å². The molecule has 7 aromatic rings. The molecule has 196 valence electrons. The summed E-state index contributed by atoms with van der Waals surface area (Å²) < 4.78 is 9.19. The van der Waals surface area contributed by atoms with E-state index in [1.165, 1.54) is 71.8 Å². The van der Waals surface area contributed by atoms with Gasteiger partial charge in [0.1, 0.15) is 0 Å². The average Bonchev–Trinajstić information content (AvgIpc) is 3.35. The maximum atomic E-state index is 6.59. The van der Waals surface area contributed by atoms with Crippen LogP contribution in [0.15, 0.2) is 115 Å². The van der Waals surface area contributed by atoms with Crippen LogP contribution in [0.25, 0.3) is 44.1 Å². The molecular formula is C38H25BN2O. The van der Waals surface area contributed by atoms with E-state index in [4.69, 9.17) is 4.74 Å². The fourth-order valence-corrected chi connectivity index (χ4v) is 8.01. The lowest BCUT2D eigenvalue weighted by Crippen LogP contribution is -2.57. The van der Waals surface area contributed by atoms with Gasteiger partial charge in [0.25, 0.3) is 0 Å². The van der Waals surface area contributed by atoms with Crippen molar-refractivity contribution in [3.05, 3.63) is 126 Å². The molecule has 0 N–H and O–H groups in total. The van der Waals surface area contributed by atoms with Crippen LogP contribution in [-0.2, 0) is 0 Å². The van der Waals surface area contributed by atoms with E-state index in [9.17, 15) is 0 Å². The lowest BCUT2D eigenvalue weighted by atomic mass is 9.45. The number of hydrogen-bond donors (Lipinski definition) is 0. The highest BCUT2D eigenvalue weighted by molar-refractivity contribution is 6.90. The maximum Gasteiger partial charge on any atom is 0.333 e. The first-order valence-electron chi connectivity index (χ1n) is 14.7. The minimum absolute atomic E-state index is 0.0272. The zero-order valence-corrected chi connectivity index (χ0v) is 23.3. The van der Waals surface area contributed by atoms with E-state index in [1.54, 1.807) is 0 Å². The Morgan fingerprint density at radius 3 is 2.26 bits per heavy atom. The summed E-state index contributed by atoms with van der Waals surface area (Å²) in [7, 11) is 0. The van der Waals surface area contributed by atoms with Crippen LogP contribution in [0.2, 0.25) is 0 Å². The van der Waals surface area contributed by atoms with Gasteiger partial charge in [-0.1, -0.05) is 78.9 Å². The first-order chi connectivity index (χ1) is 20.7. The molecule has 3 nitrogen and oxygen atoms in total. The lowest BCUT2D eigenvalue weighted by molar-refractivity contribution is 0.477. The predicted molar refractivity (Wildman–Crippen MR) is 175 cm³/mol. The van der Waals surface area contributed by atoms with Crippen molar-refractivity contribution in [3.8, 4) is 33.8 Å². The van der Waals surface area contributed by atoms with Gasteiger partial charge in [-0.05, 0) is 89.0 Å². The second-order valence-electron chi connectivity index (χ2n) is 11.8. The number of aryl methyl sites for hydroxylation is 2. The monoisotopic (exact) mass is 536 g/mol. The first kappa shape index (κ1) is 22.5.